The largest absolute Gasteiger partial charge is 0.371 e. The second-order valence-electron chi connectivity index (χ2n) is 7.70. The lowest BCUT2D eigenvalue weighted by Gasteiger charge is -2.33. The van der Waals surface area contributed by atoms with Crippen LogP contribution in [0.5, 0.6) is 0 Å². The Balaban J connectivity index is 2.32. The normalized spacial score (nSPS) is 13.2. The highest BCUT2D eigenvalue weighted by molar-refractivity contribution is 5.60. The van der Waals surface area contributed by atoms with Crippen molar-refractivity contribution in [3.05, 3.63) is 74.8 Å². The number of hydrogen-bond acceptors (Lipinski definition) is 3. The van der Waals surface area contributed by atoms with Crippen LogP contribution in [-0.4, -0.2) is 24.6 Å². The van der Waals surface area contributed by atoms with E-state index in [2.05, 4.69) is 51.7 Å². The van der Waals surface area contributed by atoms with Gasteiger partial charge in [0.25, 0.3) is 0 Å². The van der Waals surface area contributed by atoms with Gasteiger partial charge in [0.15, 0.2) is 0 Å². The van der Waals surface area contributed by atoms with Crippen LogP contribution in [0.1, 0.15) is 48.4 Å². The minimum absolute atomic E-state index is 0.0307. The first-order valence-electron chi connectivity index (χ1n) is 9.83. The van der Waals surface area contributed by atoms with Gasteiger partial charge in [-0.1, -0.05) is 61.9 Å². The number of benzene rings is 2. The number of hydrogen-bond donors (Lipinski definition) is 0. The predicted molar refractivity (Wildman–Crippen MR) is 113 cm³/mol. The average Bonchev–Trinajstić information content (AvgIpc) is 2.59. The maximum Gasteiger partial charge on any atom is 0.211 e. The molecule has 0 bridgehead atoms. The number of rotatable bonds is 9. The number of nitrogens with zero attached hydrogens (tertiary/aromatic N) is 2. The highest BCUT2D eigenvalue weighted by Crippen LogP contribution is 2.31. The molecule has 0 saturated heterocycles. The number of anilines is 1. The van der Waals surface area contributed by atoms with Gasteiger partial charge in [0.2, 0.25) is 6.54 Å². The summed E-state index contributed by atoms with van der Waals surface area (Å²) in [4.78, 5) is 13.5. The maximum absolute atomic E-state index is 11.3. The first-order valence-corrected chi connectivity index (χ1v) is 9.83. The van der Waals surface area contributed by atoms with Crippen LogP contribution in [0, 0.1) is 36.8 Å². The zero-order valence-electron chi connectivity index (χ0n) is 17.2. The molecule has 0 aromatic heterocycles. The molecule has 0 heterocycles. The first-order chi connectivity index (χ1) is 12.8. The van der Waals surface area contributed by atoms with Gasteiger partial charge in [0.05, 0.1) is 5.92 Å². The predicted octanol–water partition coefficient (Wildman–Crippen LogP) is 5.52. The molecule has 2 aromatic rings. The summed E-state index contributed by atoms with van der Waals surface area (Å²) in [5.74, 6) is 0.0797. The SMILES string of the molecule is CCCN(CC(C)C(C[N+](=O)[O-])c1ccccc1)c1c(C)cc(C)cc1C. The lowest BCUT2D eigenvalue weighted by molar-refractivity contribution is -0.484. The fourth-order valence-electron chi connectivity index (χ4n) is 4.19. The molecule has 0 aliphatic rings. The van der Waals surface area contributed by atoms with Crippen LogP contribution in [-0.2, 0) is 0 Å². The quantitative estimate of drug-likeness (QED) is 0.432. The molecule has 4 nitrogen and oxygen atoms in total. The topological polar surface area (TPSA) is 46.4 Å². The Hall–Kier alpha value is -2.36. The summed E-state index contributed by atoms with van der Waals surface area (Å²) < 4.78 is 0. The molecule has 2 atom stereocenters. The van der Waals surface area contributed by atoms with E-state index in [1.807, 2.05) is 30.3 Å². The van der Waals surface area contributed by atoms with E-state index < -0.39 is 0 Å². The zero-order valence-corrected chi connectivity index (χ0v) is 17.2. The van der Waals surface area contributed by atoms with Crippen molar-refractivity contribution in [2.24, 2.45) is 5.92 Å². The van der Waals surface area contributed by atoms with E-state index >= 15 is 0 Å². The Kier molecular flexibility index (Phi) is 7.40. The van der Waals surface area contributed by atoms with Gasteiger partial charge in [-0.2, -0.15) is 0 Å². The summed E-state index contributed by atoms with van der Waals surface area (Å²) in [5.41, 5.74) is 6.16. The molecule has 0 radical (unpaired) electrons. The maximum atomic E-state index is 11.3. The third-order valence-corrected chi connectivity index (χ3v) is 5.21. The molecular formula is C23H32N2O2. The fraction of sp³-hybridized carbons (Fsp3) is 0.478. The first kappa shape index (κ1) is 20.9. The van der Waals surface area contributed by atoms with Crippen molar-refractivity contribution in [3.63, 3.8) is 0 Å². The van der Waals surface area contributed by atoms with Crippen molar-refractivity contribution in [3.8, 4) is 0 Å². The molecule has 27 heavy (non-hydrogen) atoms. The van der Waals surface area contributed by atoms with Crippen LogP contribution in [0.3, 0.4) is 0 Å². The van der Waals surface area contributed by atoms with Crippen molar-refractivity contribution < 1.29 is 4.92 Å². The van der Waals surface area contributed by atoms with Crippen molar-refractivity contribution in [2.75, 3.05) is 24.5 Å². The standard InChI is InChI=1S/C23H32N2O2/c1-6-12-24(23-18(3)13-17(2)14-19(23)4)15-20(5)22(16-25(26)27)21-10-8-7-9-11-21/h7-11,13-14,20,22H,6,12,15-16H2,1-5H3. The van der Waals surface area contributed by atoms with Crippen molar-refractivity contribution in [2.45, 2.75) is 47.0 Å². The Labute approximate surface area is 163 Å². The fourth-order valence-corrected chi connectivity index (χ4v) is 4.19. The third kappa shape index (κ3) is 5.56. The molecule has 0 aliphatic carbocycles. The van der Waals surface area contributed by atoms with Crippen LogP contribution < -0.4 is 4.90 Å². The van der Waals surface area contributed by atoms with Crippen LogP contribution in [0.25, 0.3) is 0 Å². The van der Waals surface area contributed by atoms with E-state index in [4.69, 9.17) is 0 Å². The molecule has 0 saturated carbocycles. The van der Waals surface area contributed by atoms with Crippen LogP contribution in [0.15, 0.2) is 42.5 Å². The van der Waals surface area contributed by atoms with Gasteiger partial charge in [-0.25, -0.2) is 0 Å². The van der Waals surface area contributed by atoms with Crippen molar-refractivity contribution in [1.29, 1.82) is 0 Å². The van der Waals surface area contributed by atoms with Gasteiger partial charge < -0.3 is 4.90 Å². The van der Waals surface area contributed by atoms with Crippen molar-refractivity contribution >= 4 is 5.69 Å². The molecule has 146 valence electrons. The van der Waals surface area contributed by atoms with Gasteiger partial charge >= 0.3 is 0 Å². The molecular weight excluding hydrogens is 336 g/mol. The average molecular weight is 369 g/mol. The van der Waals surface area contributed by atoms with Gasteiger partial charge in [0.1, 0.15) is 0 Å². The monoisotopic (exact) mass is 368 g/mol. The summed E-state index contributed by atoms with van der Waals surface area (Å²) in [5, 5.41) is 11.3. The summed E-state index contributed by atoms with van der Waals surface area (Å²) in [6.07, 6.45) is 1.05. The van der Waals surface area contributed by atoms with Crippen LogP contribution in [0.4, 0.5) is 5.69 Å². The van der Waals surface area contributed by atoms with E-state index in [0.717, 1.165) is 25.1 Å². The minimum atomic E-state index is -0.180. The molecule has 2 aromatic carbocycles. The lowest BCUT2D eigenvalue weighted by Crippen LogP contribution is -2.34. The van der Waals surface area contributed by atoms with E-state index in [9.17, 15) is 10.1 Å². The van der Waals surface area contributed by atoms with Crippen LogP contribution in [0.2, 0.25) is 0 Å². The van der Waals surface area contributed by atoms with Gasteiger partial charge in [-0.3, -0.25) is 10.1 Å². The molecule has 0 N–H and O–H groups in total. The lowest BCUT2D eigenvalue weighted by atomic mass is 9.86. The summed E-state index contributed by atoms with van der Waals surface area (Å²) >= 11 is 0. The van der Waals surface area contributed by atoms with E-state index in [1.54, 1.807) is 0 Å². The molecule has 0 amide bonds. The van der Waals surface area contributed by atoms with Crippen LogP contribution >= 0.6 is 0 Å². The Morgan fingerprint density at radius 2 is 1.67 bits per heavy atom. The molecule has 0 aliphatic heterocycles. The molecule has 2 rings (SSSR count). The Morgan fingerprint density at radius 3 is 2.19 bits per heavy atom. The zero-order chi connectivity index (χ0) is 20.0. The minimum Gasteiger partial charge on any atom is -0.371 e. The second-order valence-corrected chi connectivity index (χ2v) is 7.70. The molecule has 2 unspecified atom stereocenters. The third-order valence-electron chi connectivity index (χ3n) is 5.21. The summed E-state index contributed by atoms with van der Waals surface area (Å²) in [6, 6.07) is 14.4. The Bertz CT molecular complexity index is 735. The highest BCUT2D eigenvalue weighted by Gasteiger charge is 2.27. The van der Waals surface area contributed by atoms with Gasteiger partial charge in [-0.05, 0) is 49.8 Å². The Morgan fingerprint density at radius 1 is 1.07 bits per heavy atom. The van der Waals surface area contributed by atoms with Gasteiger partial charge in [-0.15, -0.1) is 0 Å². The van der Waals surface area contributed by atoms with E-state index in [-0.39, 0.29) is 23.3 Å². The molecule has 0 spiro atoms. The number of aryl methyl sites for hydroxylation is 3. The van der Waals surface area contributed by atoms with Crippen molar-refractivity contribution in [1.82, 2.24) is 0 Å². The second kappa shape index (κ2) is 9.54. The smallest absolute Gasteiger partial charge is 0.211 e. The summed E-state index contributed by atoms with van der Waals surface area (Å²) in [6.45, 7) is 12.5. The van der Waals surface area contributed by atoms with E-state index in [1.165, 1.54) is 22.4 Å². The van der Waals surface area contributed by atoms with E-state index in [0.29, 0.717) is 0 Å². The molecule has 4 heteroatoms. The number of nitro groups is 1. The summed E-state index contributed by atoms with van der Waals surface area (Å²) in [7, 11) is 0. The molecule has 0 fully saturated rings. The van der Waals surface area contributed by atoms with Gasteiger partial charge in [0, 0.05) is 23.7 Å². The highest BCUT2D eigenvalue weighted by atomic mass is 16.6.